The van der Waals surface area contributed by atoms with Gasteiger partial charge in [-0.05, 0) is 30.3 Å². The van der Waals surface area contributed by atoms with Gasteiger partial charge in [0.2, 0.25) is 15.8 Å². The minimum atomic E-state index is -4.79. The van der Waals surface area contributed by atoms with Crippen LogP contribution in [-0.4, -0.2) is 33.4 Å². The van der Waals surface area contributed by atoms with E-state index in [0.29, 0.717) is 15.4 Å². The van der Waals surface area contributed by atoms with E-state index in [4.69, 9.17) is 4.74 Å². The summed E-state index contributed by atoms with van der Waals surface area (Å²) in [5, 5.41) is 0. The van der Waals surface area contributed by atoms with Crippen molar-refractivity contribution in [3.05, 3.63) is 42.0 Å². The van der Waals surface area contributed by atoms with Gasteiger partial charge in [0.1, 0.15) is 11.5 Å². The van der Waals surface area contributed by atoms with E-state index in [1.165, 1.54) is 24.3 Å². The second kappa shape index (κ2) is 6.97. The third kappa shape index (κ3) is 5.07. The molecule has 0 atom stereocenters. The Bertz CT molecular complexity index is 988. The zero-order valence-corrected chi connectivity index (χ0v) is 15.3. The number of rotatable bonds is 5. The van der Waals surface area contributed by atoms with Crippen LogP contribution in [0.5, 0.6) is 11.5 Å². The molecule has 0 amide bonds. The van der Waals surface area contributed by atoms with Crippen LogP contribution in [0.15, 0.2) is 46.2 Å². The van der Waals surface area contributed by atoms with Gasteiger partial charge in [0.25, 0.3) is 0 Å². The first kappa shape index (κ1) is 19.4. The van der Waals surface area contributed by atoms with Crippen molar-refractivity contribution in [1.82, 2.24) is 0 Å². The Hall–Kier alpha value is -2.40. The van der Waals surface area contributed by atoms with Crippen LogP contribution in [0.25, 0.3) is 0 Å². The number of halogens is 3. The van der Waals surface area contributed by atoms with Crippen LogP contribution < -0.4 is 14.2 Å². The maximum atomic E-state index is 12.2. The SMILES string of the molecule is CS(=O)(=O)Nc1cc2c(cc1Sc1ccc(OC(F)(F)F)cc1)C(=O)CO2. The van der Waals surface area contributed by atoms with Crippen LogP contribution in [-0.2, 0) is 10.0 Å². The number of ether oxygens (including phenoxy) is 2. The molecule has 6 nitrogen and oxygen atoms in total. The lowest BCUT2D eigenvalue weighted by Crippen LogP contribution is -2.16. The summed E-state index contributed by atoms with van der Waals surface area (Å²) in [6.45, 7) is -0.134. The molecule has 2 aromatic rings. The number of hydrogen-bond acceptors (Lipinski definition) is 6. The van der Waals surface area contributed by atoms with Gasteiger partial charge in [-0.2, -0.15) is 0 Å². The fourth-order valence-corrected chi connectivity index (χ4v) is 3.87. The van der Waals surface area contributed by atoms with Crippen molar-refractivity contribution in [3.8, 4) is 11.5 Å². The predicted molar refractivity (Wildman–Crippen MR) is 92.0 cm³/mol. The Morgan fingerprint density at radius 3 is 2.44 bits per heavy atom. The molecule has 0 spiro atoms. The third-order valence-corrected chi connectivity index (χ3v) is 4.98. The van der Waals surface area contributed by atoms with Crippen molar-refractivity contribution in [2.75, 3.05) is 17.6 Å². The summed E-state index contributed by atoms with van der Waals surface area (Å²) in [5.41, 5.74) is 0.514. The van der Waals surface area contributed by atoms with Crippen molar-refractivity contribution in [2.45, 2.75) is 16.2 Å². The summed E-state index contributed by atoms with van der Waals surface area (Å²) in [4.78, 5) is 12.8. The molecule has 0 saturated carbocycles. The summed E-state index contributed by atoms with van der Waals surface area (Å²) in [7, 11) is -3.60. The molecule has 0 aliphatic carbocycles. The number of ketones is 1. The van der Waals surface area contributed by atoms with Gasteiger partial charge in [0.05, 0.1) is 17.5 Å². The van der Waals surface area contributed by atoms with Crippen LogP contribution in [0.2, 0.25) is 0 Å². The van der Waals surface area contributed by atoms with Gasteiger partial charge in [0.15, 0.2) is 6.61 Å². The molecule has 1 N–H and O–H groups in total. The molecule has 1 aliphatic rings. The highest BCUT2D eigenvalue weighted by Gasteiger charge is 2.31. The lowest BCUT2D eigenvalue weighted by Gasteiger charge is -2.13. The Balaban J connectivity index is 1.91. The van der Waals surface area contributed by atoms with Crippen molar-refractivity contribution < 1.29 is 35.9 Å². The Morgan fingerprint density at radius 1 is 1.19 bits per heavy atom. The predicted octanol–water partition coefficient (Wildman–Crippen LogP) is 3.68. The molecular weight excluding hydrogens is 407 g/mol. The number of carbonyl (C=O) groups is 1. The molecule has 3 rings (SSSR count). The average molecular weight is 419 g/mol. The van der Waals surface area contributed by atoms with Crippen molar-refractivity contribution in [3.63, 3.8) is 0 Å². The molecule has 1 heterocycles. The standard InChI is InChI=1S/C16H12F3NO5S2/c1-27(22,23)20-12-7-14-11(13(21)8-24-14)6-15(12)26-10-4-2-9(3-5-10)25-16(17,18)19/h2-7,20H,8H2,1H3. The highest BCUT2D eigenvalue weighted by molar-refractivity contribution is 7.99. The summed E-state index contributed by atoms with van der Waals surface area (Å²) in [6.07, 6.45) is -3.81. The number of benzene rings is 2. The smallest absolute Gasteiger partial charge is 0.485 e. The maximum absolute atomic E-state index is 12.2. The Labute approximate surface area is 156 Å². The van der Waals surface area contributed by atoms with Gasteiger partial charge in [-0.15, -0.1) is 13.2 Å². The molecule has 2 aromatic carbocycles. The van der Waals surface area contributed by atoms with E-state index >= 15 is 0 Å². The van der Waals surface area contributed by atoms with Crippen molar-refractivity contribution in [1.29, 1.82) is 0 Å². The maximum Gasteiger partial charge on any atom is 0.573 e. The van der Waals surface area contributed by atoms with Crippen LogP contribution >= 0.6 is 11.8 Å². The summed E-state index contributed by atoms with van der Waals surface area (Å²) < 4.78 is 71.2. The molecule has 27 heavy (non-hydrogen) atoms. The molecule has 0 bridgehead atoms. The van der Waals surface area contributed by atoms with Gasteiger partial charge >= 0.3 is 6.36 Å². The normalized spacial score (nSPS) is 13.9. The molecular formula is C16H12F3NO5S2. The molecule has 0 fully saturated rings. The number of carbonyl (C=O) groups excluding carboxylic acids is 1. The molecule has 11 heteroatoms. The van der Waals surface area contributed by atoms with E-state index in [2.05, 4.69) is 9.46 Å². The highest BCUT2D eigenvalue weighted by Crippen LogP contribution is 2.40. The van der Waals surface area contributed by atoms with Crippen LogP contribution in [0.1, 0.15) is 10.4 Å². The lowest BCUT2D eigenvalue weighted by molar-refractivity contribution is -0.274. The van der Waals surface area contributed by atoms with E-state index in [1.807, 2.05) is 0 Å². The van der Waals surface area contributed by atoms with E-state index in [-0.39, 0.29) is 29.6 Å². The topological polar surface area (TPSA) is 81.7 Å². The number of sulfonamides is 1. The first-order valence-electron chi connectivity index (χ1n) is 7.36. The first-order valence-corrected chi connectivity index (χ1v) is 10.1. The highest BCUT2D eigenvalue weighted by atomic mass is 32.2. The van der Waals surface area contributed by atoms with Crippen LogP contribution in [0.3, 0.4) is 0 Å². The van der Waals surface area contributed by atoms with E-state index in [1.54, 1.807) is 0 Å². The third-order valence-electron chi connectivity index (χ3n) is 3.32. The second-order valence-electron chi connectivity index (χ2n) is 5.55. The monoisotopic (exact) mass is 419 g/mol. The average Bonchev–Trinajstić information content (AvgIpc) is 2.87. The van der Waals surface area contributed by atoms with Gasteiger partial charge in [0, 0.05) is 15.9 Å². The first-order chi connectivity index (χ1) is 12.5. The molecule has 144 valence electrons. The number of Topliss-reactive ketones (excluding diaryl/α,β-unsaturated/α-hetero) is 1. The summed E-state index contributed by atoms with van der Waals surface area (Å²) >= 11 is 1.08. The largest absolute Gasteiger partial charge is 0.573 e. The zero-order chi connectivity index (χ0) is 19.8. The van der Waals surface area contributed by atoms with E-state index < -0.39 is 16.4 Å². The second-order valence-corrected chi connectivity index (χ2v) is 8.42. The fourth-order valence-electron chi connectivity index (χ4n) is 2.32. The van der Waals surface area contributed by atoms with Crippen LogP contribution in [0, 0.1) is 0 Å². The Kier molecular flexibility index (Phi) is 5.00. The van der Waals surface area contributed by atoms with E-state index in [0.717, 1.165) is 30.2 Å². The number of hydrogen-bond donors (Lipinski definition) is 1. The van der Waals surface area contributed by atoms with E-state index in [9.17, 15) is 26.4 Å². The van der Waals surface area contributed by atoms with Gasteiger partial charge in [-0.1, -0.05) is 11.8 Å². The molecule has 1 aliphatic heterocycles. The minimum absolute atomic E-state index is 0.134. The zero-order valence-electron chi connectivity index (χ0n) is 13.7. The van der Waals surface area contributed by atoms with Crippen molar-refractivity contribution in [2.24, 2.45) is 0 Å². The summed E-state index contributed by atoms with van der Waals surface area (Å²) in [5.74, 6) is -0.352. The summed E-state index contributed by atoms with van der Waals surface area (Å²) in [6, 6.07) is 7.96. The number of alkyl halides is 3. The fraction of sp³-hybridized carbons (Fsp3) is 0.188. The number of anilines is 1. The molecule has 0 saturated heterocycles. The lowest BCUT2D eigenvalue weighted by atomic mass is 10.1. The minimum Gasteiger partial charge on any atom is -0.485 e. The molecule has 0 radical (unpaired) electrons. The van der Waals surface area contributed by atoms with Gasteiger partial charge in [-0.25, -0.2) is 8.42 Å². The molecule has 0 unspecified atom stereocenters. The number of nitrogens with one attached hydrogen (secondary N) is 1. The Morgan fingerprint density at radius 2 is 1.85 bits per heavy atom. The molecule has 0 aromatic heterocycles. The van der Waals surface area contributed by atoms with Crippen LogP contribution in [0.4, 0.5) is 18.9 Å². The number of fused-ring (bicyclic) bond motifs is 1. The van der Waals surface area contributed by atoms with Crippen molar-refractivity contribution >= 4 is 33.3 Å². The van der Waals surface area contributed by atoms with Gasteiger partial charge < -0.3 is 9.47 Å². The van der Waals surface area contributed by atoms with Gasteiger partial charge in [-0.3, -0.25) is 9.52 Å². The quantitative estimate of drug-likeness (QED) is 0.796.